The van der Waals surface area contributed by atoms with Gasteiger partial charge in [-0.15, -0.1) is 0 Å². The molecular weight excluding hydrogens is 375 g/mol. The molecule has 0 unspecified atom stereocenters. The van der Waals surface area contributed by atoms with Crippen LogP contribution in [-0.4, -0.2) is 30.7 Å². The van der Waals surface area contributed by atoms with Crippen LogP contribution in [0.4, 0.5) is 10.1 Å². The Labute approximate surface area is 159 Å². The van der Waals surface area contributed by atoms with Crippen molar-refractivity contribution in [3.05, 3.63) is 58.4 Å². The van der Waals surface area contributed by atoms with Crippen LogP contribution in [0.1, 0.15) is 11.1 Å². The number of aryl methyl sites for hydroxylation is 1. The Bertz CT molecular complexity index is 990. The predicted molar refractivity (Wildman–Crippen MR) is 96.5 cm³/mol. The van der Waals surface area contributed by atoms with Gasteiger partial charge in [-0.25, -0.2) is 9.29 Å². The van der Waals surface area contributed by atoms with Crippen molar-refractivity contribution in [1.29, 1.82) is 0 Å². The molecular formula is C19H14ClFN2O4. The fraction of sp³-hybridized carbons (Fsp3) is 0.211. The number of anilines is 1. The van der Waals surface area contributed by atoms with Crippen LogP contribution >= 0.6 is 11.6 Å². The largest absolute Gasteiger partial charge is 0.495 e. The summed E-state index contributed by atoms with van der Waals surface area (Å²) in [5.74, 6) is -2.03. The number of rotatable bonds is 3. The summed E-state index contributed by atoms with van der Waals surface area (Å²) < 4.78 is 18.5. The van der Waals surface area contributed by atoms with Gasteiger partial charge in [-0.3, -0.25) is 9.59 Å². The molecule has 1 saturated heterocycles. The van der Waals surface area contributed by atoms with Gasteiger partial charge in [0.1, 0.15) is 23.2 Å². The van der Waals surface area contributed by atoms with Crippen molar-refractivity contribution in [2.45, 2.75) is 13.0 Å². The molecule has 2 amide bonds. The van der Waals surface area contributed by atoms with Crippen LogP contribution in [0.3, 0.4) is 0 Å². The summed E-state index contributed by atoms with van der Waals surface area (Å²) in [6, 6.07) is 8.68. The minimum Gasteiger partial charge on any atom is -0.495 e. The highest BCUT2D eigenvalue weighted by molar-refractivity contribution is 6.34. The highest BCUT2D eigenvalue weighted by Gasteiger charge is 2.56. The van der Waals surface area contributed by atoms with Gasteiger partial charge in [-0.2, -0.15) is 0 Å². The van der Waals surface area contributed by atoms with E-state index >= 15 is 0 Å². The predicted octanol–water partition coefficient (Wildman–Crippen LogP) is 3.09. The molecule has 2 aromatic rings. The van der Waals surface area contributed by atoms with E-state index in [1.807, 2.05) is 0 Å². The van der Waals surface area contributed by atoms with Gasteiger partial charge < -0.3 is 9.57 Å². The first kappa shape index (κ1) is 17.5. The van der Waals surface area contributed by atoms with Gasteiger partial charge in [0.2, 0.25) is 12.0 Å². The van der Waals surface area contributed by atoms with E-state index in [1.54, 1.807) is 19.1 Å². The molecule has 2 aliphatic rings. The highest BCUT2D eigenvalue weighted by Crippen LogP contribution is 2.40. The fourth-order valence-corrected chi connectivity index (χ4v) is 3.41. The second-order valence-electron chi connectivity index (χ2n) is 6.27. The number of halogens is 2. The van der Waals surface area contributed by atoms with E-state index < -0.39 is 29.7 Å². The fourth-order valence-electron chi connectivity index (χ4n) is 3.26. The topological polar surface area (TPSA) is 68.2 Å². The second kappa shape index (κ2) is 6.35. The van der Waals surface area contributed by atoms with Crippen LogP contribution in [0.5, 0.6) is 5.75 Å². The first-order chi connectivity index (χ1) is 12.9. The number of hydrogen-bond donors (Lipinski definition) is 0. The van der Waals surface area contributed by atoms with Crippen molar-refractivity contribution in [3.8, 4) is 5.75 Å². The Kier molecular flexibility index (Phi) is 4.11. The number of imide groups is 1. The number of fused-ring (bicyclic) bond motifs is 1. The summed E-state index contributed by atoms with van der Waals surface area (Å²) in [6.07, 6.45) is -1.06. The van der Waals surface area contributed by atoms with E-state index in [0.29, 0.717) is 33.3 Å². The third-order valence-corrected chi connectivity index (χ3v) is 5.06. The number of amides is 2. The summed E-state index contributed by atoms with van der Waals surface area (Å²) in [4.78, 5) is 32.2. The molecule has 2 aromatic carbocycles. The van der Waals surface area contributed by atoms with E-state index in [-0.39, 0.29) is 0 Å². The molecule has 2 aliphatic heterocycles. The molecule has 2 atom stereocenters. The molecule has 6 nitrogen and oxygen atoms in total. The highest BCUT2D eigenvalue weighted by atomic mass is 35.5. The van der Waals surface area contributed by atoms with Crippen LogP contribution < -0.4 is 9.64 Å². The third kappa shape index (κ3) is 2.66. The average Bonchev–Trinajstić information content (AvgIpc) is 3.19. The molecule has 8 heteroatoms. The van der Waals surface area contributed by atoms with Crippen LogP contribution in [-0.2, 0) is 14.4 Å². The Balaban J connectivity index is 1.75. The normalized spacial score (nSPS) is 21.2. The summed E-state index contributed by atoms with van der Waals surface area (Å²) in [5.41, 5.74) is 1.81. The maximum Gasteiger partial charge on any atom is 0.279 e. The summed E-state index contributed by atoms with van der Waals surface area (Å²) >= 11 is 6.11. The number of nitrogens with zero attached hydrogens (tertiary/aromatic N) is 2. The molecule has 0 saturated carbocycles. The van der Waals surface area contributed by atoms with Crippen molar-refractivity contribution < 1.29 is 23.6 Å². The molecule has 0 radical (unpaired) electrons. The first-order valence-electron chi connectivity index (χ1n) is 8.14. The van der Waals surface area contributed by atoms with E-state index in [0.717, 1.165) is 4.90 Å². The van der Waals surface area contributed by atoms with Crippen LogP contribution in [0.15, 0.2) is 41.6 Å². The zero-order chi connectivity index (χ0) is 19.3. The summed E-state index contributed by atoms with van der Waals surface area (Å²) in [5, 5.41) is 4.35. The molecule has 4 rings (SSSR count). The van der Waals surface area contributed by atoms with Crippen LogP contribution in [0, 0.1) is 18.7 Å². The molecule has 138 valence electrons. The van der Waals surface area contributed by atoms with Gasteiger partial charge in [-0.05, 0) is 30.7 Å². The first-order valence-corrected chi connectivity index (χ1v) is 8.51. The van der Waals surface area contributed by atoms with Gasteiger partial charge in [0.25, 0.3) is 5.91 Å². The minimum atomic E-state index is -1.06. The lowest BCUT2D eigenvalue weighted by molar-refractivity contribution is -0.126. The number of carbonyl (C=O) groups is 2. The number of ether oxygens (including phenoxy) is 1. The molecule has 0 N–H and O–H groups in total. The smallest absolute Gasteiger partial charge is 0.279 e. The van der Waals surface area contributed by atoms with Gasteiger partial charge >= 0.3 is 0 Å². The molecule has 0 aliphatic carbocycles. The van der Waals surface area contributed by atoms with Gasteiger partial charge in [0, 0.05) is 16.7 Å². The van der Waals surface area contributed by atoms with Crippen molar-refractivity contribution in [2.75, 3.05) is 12.0 Å². The Morgan fingerprint density at radius 1 is 1.19 bits per heavy atom. The quantitative estimate of drug-likeness (QED) is 0.758. The Morgan fingerprint density at radius 3 is 2.56 bits per heavy atom. The third-order valence-electron chi connectivity index (χ3n) is 4.65. The summed E-state index contributed by atoms with van der Waals surface area (Å²) in [7, 11) is 1.43. The monoisotopic (exact) mass is 388 g/mol. The zero-order valence-electron chi connectivity index (χ0n) is 14.4. The number of carbonyl (C=O) groups excluding carboxylic acids is 2. The van der Waals surface area contributed by atoms with Gasteiger partial charge in [-0.1, -0.05) is 28.9 Å². The lowest BCUT2D eigenvalue weighted by atomic mass is 9.94. The zero-order valence-corrected chi connectivity index (χ0v) is 15.2. The van der Waals surface area contributed by atoms with Crippen LogP contribution in [0.2, 0.25) is 5.02 Å². The molecule has 27 heavy (non-hydrogen) atoms. The molecule has 0 spiro atoms. The number of oxime groups is 1. The van der Waals surface area contributed by atoms with E-state index in [1.165, 1.54) is 31.4 Å². The lowest BCUT2D eigenvalue weighted by Crippen LogP contribution is -2.33. The minimum absolute atomic E-state index is 0.297. The SMILES string of the molecule is COc1cc(Cl)c(C)cc1N1C(=O)[C@H]2C(c3ccc(F)cc3)=NO[C@@H]2C1=O. The standard InChI is InChI=1S/C19H14ClFN2O4/c1-9-7-13(14(26-2)8-12(9)20)23-18(24)15-16(22-27-17(15)19(23)25)10-3-5-11(21)6-4-10/h3-8,15,17H,1-2H3/t15-,17-/m0/s1. The average molecular weight is 389 g/mol. The molecule has 2 heterocycles. The van der Waals surface area contributed by atoms with Crippen molar-refractivity contribution >= 4 is 34.8 Å². The lowest BCUT2D eigenvalue weighted by Gasteiger charge is -2.19. The van der Waals surface area contributed by atoms with E-state index in [2.05, 4.69) is 5.16 Å². The molecule has 0 bridgehead atoms. The van der Waals surface area contributed by atoms with Gasteiger partial charge in [0.05, 0.1) is 12.8 Å². The number of hydrogen-bond acceptors (Lipinski definition) is 5. The Morgan fingerprint density at radius 2 is 1.89 bits per heavy atom. The van der Waals surface area contributed by atoms with Crippen molar-refractivity contribution in [1.82, 2.24) is 0 Å². The number of methoxy groups -OCH3 is 1. The van der Waals surface area contributed by atoms with Crippen molar-refractivity contribution in [2.24, 2.45) is 11.1 Å². The van der Waals surface area contributed by atoms with E-state index in [9.17, 15) is 14.0 Å². The maximum atomic E-state index is 13.2. The molecule has 1 fully saturated rings. The summed E-state index contributed by atoms with van der Waals surface area (Å²) in [6.45, 7) is 1.76. The molecule has 0 aromatic heterocycles. The second-order valence-corrected chi connectivity index (χ2v) is 6.68. The maximum absolute atomic E-state index is 13.2. The number of benzene rings is 2. The Hall–Kier alpha value is -2.93. The van der Waals surface area contributed by atoms with E-state index in [4.69, 9.17) is 21.2 Å². The van der Waals surface area contributed by atoms with Gasteiger partial charge in [0.15, 0.2) is 0 Å². The van der Waals surface area contributed by atoms with Crippen molar-refractivity contribution in [3.63, 3.8) is 0 Å². The van der Waals surface area contributed by atoms with Crippen LogP contribution in [0.25, 0.3) is 0 Å².